The van der Waals surface area contributed by atoms with Gasteiger partial charge >= 0.3 is 0 Å². The predicted octanol–water partition coefficient (Wildman–Crippen LogP) is 6.31. The first-order valence-corrected chi connectivity index (χ1v) is 11.5. The molecule has 0 bridgehead atoms. The Morgan fingerprint density at radius 2 is 1.73 bits per heavy atom. The second-order valence-electron chi connectivity index (χ2n) is 6.85. The number of rotatable bonds is 4. The molecule has 4 rings (SSSR count). The Morgan fingerprint density at radius 3 is 2.33 bits per heavy atom. The molecule has 2 aromatic heterocycles. The summed E-state index contributed by atoms with van der Waals surface area (Å²) in [6.45, 7) is 9.43. The predicted molar refractivity (Wildman–Crippen MR) is 130 cm³/mol. The van der Waals surface area contributed by atoms with E-state index in [1.807, 2.05) is 26.8 Å². The van der Waals surface area contributed by atoms with Crippen LogP contribution in [0.3, 0.4) is 0 Å². The zero-order chi connectivity index (χ0) is 24.3. The monoisotopic (exact) mass is 467 g/mol. The minimum absolute atomic E-state index is 0.0819. The summed E-state index contributed by atoms with van der Waals surface area (Å²) in [5.74, 6) is -1.86. The summed E-state index contributed by atoms with van der Waals surface area (Å²) in [7, 11) is 0. The van der Waals surface area contributed by atoms with E-state index in [0.29, 0.717) is 27.4 Å². The molecule has 1 N–H and O–H groups in total. The molecule has 0 atom stereocenters. The first-order valence-electron chi connectivity index (χ1n) is 10.2. The molecule has 0 unspecified atom stereocenters. The van der Waals surface area contributed by atoms with Crippen molar-refractivity contribution in [2.45, 2.75) is 25.9 Å². The van der Waals surface area contributed by atoms with Gasteiger partial charge in [0.15, 0.2) is 10.8 Å². The maximum atomic E-state index is 14.6. The third-order valence-electron chi connectivity index (χ3n) is 4.90. The van der Waals surface area contributed by atoms with Crippen molar-refractivity contribution in [3.8, 4) is 16.9 Å². The molecule has 0 aliphatic carbocycles. The highest BCUT2D eigenvalue weighted by Crippen LogP contribution is 2.32. The van der Waals surface area contributed by atoms with Crippen LogP contribution in [0.1, 0.15) is 25.0 Å². The highest BCUT2D eigenvalue weighted by atomic mass is 32.2. The number of para-hydroxylation sites is 1. The molecule has 0 amide bonds. The number of thioether (sulfide) groups is 1. The molecule has 0 fully saturated rings. The largest absolute Gasteiger partial charge is 0.508 e. The molecule has 5 nitrogen and oxygen atoms in total. The second kappa shape index (κ2) is 9.95. The van der Waals surface area contributed by atoms with Crippen molar-refractivity contribution in [3.63, 3.8) is 0 Å². The molecule has 0 saturated heterocycles. The molecule has 8 heteroatoms. The minimum Gasteiger partial charge on any atom is -0.508 e. The van der Waals surface area contributed by atoms with Gasteiger partial charge in [0.05, 0.1) is 5.69 Å². The van der Waals surface area contributed by atoms with Crippen LogP contribution in [0.2, 0.25) is 0 Å². The van der Waals surface area contributed by atoms with Crippen LogP contribution in [0.25, 0.3) is 33.7 Å². The molecular formula is C25H23F2N3O2S. The van der Waals surface area contributed by atoms with E-state index < -0.39 is 22.9 Å². The molecule has 0 spiro atoms. The van der Waals surface area contributed by atoms with Gasteiger partial charge < -0.3 is 5.11 Å². The Kier molecular flexibility index (Phi) is 7.28. The van der Waals surface area contributed by atoms with Crippen molar-refractivity contribution >= 4 is 28.6 Å². The van der Waals surface area contributed by atoms with Gasteiger partial charge in [0.2, 0.25) is 0 Å². The van der Waals surface area contributed by atoms with Crippen LogP contribution in [-0.4, -0.2) is 25.9 Å². The third kappa shape index (κ3) is 4.52. The quantitative estimate of drug-likeness (QED) is 0.216. The molecule has 0 saturated carbocycles. The average Bonchev–Trinajstić information content (AvgIpc) is 2.81. The molecule has 33 heavy (non-hydrogen) atoms. The van der Waals surface area contributed by atoms with E-state index in [1.54, 1.807) is 18.4 Å². The van der Waals surface area contributed by atoms with Crippen molar-refractivity contribution in [2.75, 3.05) is 6.26 Å². The fourth-order valence-electron chi connectivity index (χ4n) is 3.37. The lowest BCUT2D eigenvalue weighted by Gasteiger charge is -2.15. The zero-order valence-corrected chi connectivity index (χ0v) is 19.5. The molecule has 0 aliphatic rings. The van der Waals surface area contributed by atoms with Crippen LogP contribution >= 0.6 is 11.8 Å². The van der Waals surface area contributed by atoms with Gasteiger partial charge in [-0.05, 0) is 43.0 Å². The summed E-state index contributed by atoms with van der Waals surface area (Å²) in [5.41, 5.74) is 1.47. The summed E-state index contributed by atoms with van der Waals surface area (Å²) in [6, 6.07) is 11.4. The number of aromatic nitrogens is 3. The summed E-state index contributed by atoms with van der Waals surface area (Å²) in [5, 5.41) is 10.6. The molecule has 4 aromatic rings. The van der Waals surface area contributed by atoms with Gasteiger partial charge in [-0.15, -0.1) is 0 Å². The smallest absolute Gasteiger partial charge is 0.256 e. The van der Waals surface area contributed by atoms with E-state index in [9.17, 15) is 18.7 Å². The number of benzene rings is 2. The molecule has 170 valence electrons. The molecule has 2 heterocycles. The number of fused-ring (bicyclic) bond motifs is 1. The zero-order valence-electron chi connectivity index (χ0n) is 18.7. The van der Waals surface area contributed by atoms with Crippen LogP contribution in [0, 0.1) is 18.6 Å². The van der Waals surface area contributed by atoms with Crippen molar-refractivity contribution < 1.29 is 13.9 Å². The number of aliphatic hydroxyl groups excluding tert-OH is 1. The highest BCUT2D eigenvalue weighted by Gasteiger charge is 2.20. The number of aryl methyl sites for hydroxylation is 1. The Hall–Kier alpha value is -3.52. The Bertz CT molecular complexity index is 1400. The number of pyridine rings is 1. The van der Waals surface area contributed by atoms with E-state index in [0.717, 1.165) is 22.3 Å². The second-order valence-corrected chi connectivity index (χ2v) is 7.62. The van der Waals surface area contributed by atoms with Gasteiger partial charge in [0.25, 0.3) is 5.56 Å². The van der Waals surface area contributed by atoms with Gasteiger partial charge in [0, 0.05) is 22.6 Å². The van der Waals surface area contributed by atoms with E-state index in [-0.39, 0.29) is 11.4 Å². The van der Waals surface area contributed by atoms with E-state index >= 15 is 0 Å². The van der Waals surface area contributed by atoms with Crippen LogP contribution < -0.4 is 5.56 Å². The summed E-state index contributed by atoms with van der Waals surface area (Å²) >= 11 is 1.23. The van der Waals surface area contributed by atoms with Crippen molar-refractivity contribution in [2.24, 2.45) is 0 Å². The first kappa shape index (κ1) is 24.1. The van der Waals surface area contributed by atoms with Crippen molar-refractivity contribution in [1.82, 2.24) is 14.5 Å². The van der Waals surface area contributed by atoms with Crippen LogP contribution in [-0.2, 0) is 0 Å². The number of halogens is 2. The number of aliphatic hydroxyl groups is 1. The number of hydrogen-bond donors (Lipinski definition) is 1. The molecule has 0 radical (unpaired) electrons. The lowest BCUT2D eigenvalue weighted by atomic mass is 9.99. The Balaban J connectivity index is 0.00000149. The molecule has 2 aromatic carbocycles. The summed E-state index contributed by atoms with van der Waals surface area (Å²) < 4.78 is 30.1. The van der Waals surface area contributed by atoms with Gasteiger partial charge in [-0.25, -0.2) is 18.7 Å². The van der Waals surface area contributed by atoms with Crippen molar-refractivity contribution in [3.05, 3.63) is 88.2 Å². The normalized spacial score (nSPS) is 10.6. The fourth-order valence-corrected chi connectivity index (χ4v) is 3.73. The van der Waals surface area contributed by atoms with Gasteiger partial charge in [-0.1, -0.05) is 50.4 Å². The summed E-state index contributed by atoms with van der Waals surface area (Å²) in [4.78, 5) is 21.7. The van der Waals surface area contributed by atoms with Crippen molar-refractivity contribution in [1.29, 1.82) is 0 Å². The molecular weight excluding hydrogens is 444 g/mol. The topological polar surface area (TPSA) is 68.0 Å². The van der Waals surface area contributed by atoms with Gasteiger partial charge in [-0.2, -0.15) is 0 Å². The first-order chi connectivity index (χ1) is 15.8. The maximum Gasteiger partial charge on any atom is 0.256 e. The lowest BCUT2D eigenvalue weighted by molar-refractivity contribution is 0.514. The van der Waals surface area contributed by atoms with Gasteiger partial charge in [-0.3, -0.25) is 9.36 Å². The number of nitrogens with zero attached hydrogens (tertiary/aromatic N) is 3. The minimum atomic E-state index is -0.879. The molecule has 0 aliphatic heterocycles. The van der Waals surface area contributed by atoms with Crippen LogP contribution in [0.5, 0.6) is 0 Å². The van der Waals surface area contributed by atoms with E-state index in [4.69, 9.17) is 0 Å². The summed E-state index contributed by atoms with van der Waals surface area (Å²) in [6.07, 6.45) is 1.76. The lowest BCUT2D eigenvalue weighted by Crippen LogP contribution is -2.21. The SMILES string of the molecule is C=C(O)c1ccc(C)c(-c2nc(SC)nc3c2ccc(=O)n3-c2c(F)cccc2F)c1.CC. The Labute approximate surface area is 194 Å². The van der Waals surface area contributed by atoms with E-state index in [1.165, 1.54) is 30.0 Å². The third-order valence-corrected chi connectivity index (χ3v) is 5.45. The van der Waals surface area contributed by atoms with Crippen LogP contribution in [0.4, 0.5) is 8.78 Å². The fraction of sp³-hybridized carbons (Fsp3) is 0.160. The van der Waals surface area contributed by atoms with Crippen LogP contribution in [0.15, 0.2) is 65.1 Å². The average molecular weight is 468 g/mol. The van der Waals surface area contributed by atoms with Gasteiger partial charge in [0.1, 0.15) is 23.1 Å². The maximum absolute atomic E-state index is 14.6. The number of hydrogen-bond acceptors (Lipinski definition) is 5. The standard InChI is InChI=1S/C23H17F2N3O2S.C2H6/c1-12-7-8-14(13(2)29)11-16(12)20-15-9-10-19(30)28(22(15)27-23(26-20)31-3)21-17(24)5-4-6-18(21)25;1-2/h4-11,29H,2H2,1,3H3;1-2H3. The Morgan fingerprint density at radius 1 is 1.06 bits per heavy atom. The highest BCUT2D eigenvalue weighted by molar-refractivity contribution is 7.98. The van der Waals surface area contributed by atoms with E-state index in [2.05, 4.69) is 16.5 Å².